The maximum absolute atomic E-state index is 12.7. The normalized spacial score (nSPS) is 20.5. The summed E-state index contributed by atoms with van der Waals surface area (Å²) in [4.78, 5) is 40.1. The van der Waals surface area contributed by atoms with Crippen molar-refractivity contribution in [3.63, 3.8) is 0 Å². The number of nitrogens with one attached hydrogen (secondary N) is 1. The van der Waals surface area contributed by atoms with E-state index >= 15 is 0 Å². The van der Waals surface area contributed by atoms with Gasteiger partial charge in [-0.15, -0.1) is 22.0 Å². The molecule has 156 valence electrons. The first kappa shape index (κ1) is 20.4. The molecule has 2 aromatic rings. The lowest BCUT2D eigenvalue weighted by Crippen LogP contribution is -2.70. The number of aromatic nitrogens is 2. The molecule has 0 radical (unpaired) electrons. The van der Waals surface area contributed by atoms with Crippen molar-refractivity contribution in [3.05, 3.63) is 46.6 Å². The van der Waals surface area contributed by atoms with E-state index in [9.17, 15) is 19.5 Å². The molecule has 4 rings (SSSR count). The molecule has 0 bridgehead atoms. The molecule has 30 heavy (non-hydrogen) atoms. The Kier molecular flexibility index (Phi) is 5.48. The van der Waals surface area contributed by atoms with Crippen molar-refractivity contribution >= 4 is 51.6 Å². The van der Waals surface area contributed by atoms with E-state index in [1.165, 1.54) is 28.0 Å². The van der Waals surface area contributed by atoms with Gasteiger partial charge in [-0.2, -0.15) is 0 Å². The van der Waals surface area contributed by atoms with E-state index in [2.05, 4.69) is 15.5 Å². The van der Waals surface area contributed by atoms with Gasteiger partial charge in [-0.25, -0.2) is 4.79 Å². The minimum atomic E-state index is -1.20. The lowest BCUT2D eigenvalue weighted by molar-refractivity contribution is -0.150. The number of rotatable bonds is 6. The van der Waals surface area contributed by atoms with E-state index in [4.69, 9.17) is 0 Å². The van der Waals surface area contributed by atoms with Crippen molar-refractivity contribution in [2.45, 2.75) is 17.8 Å². The van der Waals surface area contributed by atoms with E-state index < -0.39 is 23.3 Å². The van der Waals surface area contributed by atoms with Gasteiger partial charge in [0.1, 0.15) is 22.1 Å². The van der Waals surface area contributed by atoms with Gasteiger partial charge >= 0.3 is 5.97 Å². The monoisotopic (exact) mass is 445 g/mol. The maximum Gasteiger partial charge on any atom is 0.353 e. The van der Waals surface area contributed by atoms with Crippen LogP contribution in [0.15, 0.2) is 36.0 Å². The Morgan fingerprint density at radius 2 is 2.00 bits per heavy atom. The molecule has 1 aromatic heterocycles. The van der Waals surface area contributed by atoms with E-state index in [1.807, 2.05) is 44.4 Å². The number of anilines is 1. The number of amides is 2. The van der Waals surface area contributed by atoms with Crippen molar-refractivity contribution in [1.29, 1.82) is 0 Å². The fraction of sp³-hybridized carbons (Fsp3) is 0.316. The van der Waals surface area contributed by atoms with Gasteiger partial charge in [0.05, 0.1) is 6.42 Å². The molecule has 2 amide bonds. The second kappa shape index (κ2) is 8.07. The summed E-state index contributed by atoms with van der Waals surface area (Å²) in [5.74, 6) is -1.53. The van der Waals surface area contributed by atoms with Gasteiger partial charge in [-0.05, 0) is 5.56 Å². The first-order valence-corrected chi connectivity index (χ1v) is 11.0. The fourth-order valence-corrected chi connectivity index (χ4v) is 5.56. The third-order valence-corrected chi connectivity index (χ3v) is 7.18. The first-order chi connectivity index (χ1) is 14.4. The molecular formula is C19H19N5O4S2. The van der Waals surface area contributed by atoms with Gasteiger partial charge in [0.25, 0.3) is 5.91 Å². The molecule has 11 heteroatoms. The van der Waals surface area contributed by atoms with Crippen LogP contribution in [0.25, 0.3) is 5.57 Å². The molecular weight excluding hydrogens is 426 g/mol. The number of carboxylic acids is 1. The molecule has 0 saturated carbocycles. The van der Waals surface area contributed by atoms with E-state index in [0.29, 0.717) is 21.5 Å². The quantitative estimate of drug-likeness (QED) is 0.634. The highest BCUT2D eigenvalue weighted by Crippen LogP contribution is 2.44. The minimum absolute atomic E-state index is 0.0845. The highest BCUT2D eigenvalue weighted by atomic mass is 32.2. The molecule has 0 aliphatic carbocycles. The summed E-state index contributed by atoms with van der Waals surface area (Å²) in [6, 6.07) is 8.49. The average Bonchev–Trinajstić information content (AvgIpc) is 3.22. The van der Waals surface area contributed by atoms with Gasteiger partial charge in [0.15, 0.2) is 0 Å². The van der Waals surface area contributed by atoms with E-state index in [0.717, 1.165) is 5.56 Å². The predicted molar refractivity (Wildman–Crippen MR) is 114 cm³/mol. The SMILES string of the molecule is CN(C)c1nnc(C2=C(C(=O)O)N3C(=O)C(NC(=O)Cc4ccccc4)[C@@H]3SC2)s1. The van der Waals surface area contributed by atoms with Crippen LogP contribution in [-0.2, 0) is 20.8 Å². The lowest BCUT2D eigenvalue weighted by Gasteiger charge is -2.49. The molecule has 1 saturated heterocycles. The van der Waals surface area contributed by atoms with Gasteiger partial charge in [0, 0.05) is 25.4 Å². The zero-order chi connectivity index (χ0) is 21.4. The van der Waals surface area contributed by atoms with Crippen molar-refractivity contribution < 1.29 is 19.5 Å². The molecule has 2 atom stereocenters. The summed E-state index contributed by atoms with van der Waals surface area (Å²) in [5.41, 5.74) is 1.23. The lowest BCUT2D eigenvalue weighted by atomic mass is 10.0. The van der Waals surface area contributed by atoms with Crippen LogP contribution >= 0.6 is 23.1 Å². The minimum Gasteiger partial charge on any atom is -0.477 e. The molecule has 9 nitrogen and oxygen atoms in total. The number of benzene rings is 1. The number of carbonyl (C=O) groups excluding carboxylic acids is 2. The molecule has 3 heterocycles. The molecule has 2 N–H and O–H groups in total. The maximum atomic E-state index is 12.7. The largest absolute Gasteiger partial charge is 0.477 e. The van der Waals surface area contributed by atoms with Crippen molar-refractivity contribution in [2.75, 3.05) is 24.7 Å². The number of carboxylic acid groups (broad SMARTS) is 1. The number of thioether (sulfide) groups is 1. The van der Waals surface area contributed by atoms with Crippen LogP contribution in [0.5, 0.6) is 0 Å². The summed E-state index contributed by atoms with van der Waals surface area (Å²) >= 11 is 2.68. The van der Waals surface area contributed by atoms with Gasteiger partial charge in [-0.3, -0.25) is 14.5 Å². The smallest absolute Gasteiger partial charge is 0.353 e. The van der Waals surface area contributed by atoms with Crippen LogP contribution in [0.2, 0.25) is 0 Å². The summed E-state index contributed by atoms with van der Waals surface area (Å²) in [6.45, 7) is 0. The highest BCUT2D eigenvalue weighted by Gasteiger charge is 2.54. The van der Waals surface area contributed by atoms with Crippen LogP contribution in [0.4, 0.5) is 5.13 Å². The second-order valence-corrected chi connectivity index (χ2v) is 9.09. The first-order valence-electron chi connectivity index (χ1n) is 9.12. The number of hydrogen-bond donors (Lipinski definition) is 2. The Bertz CT molecular complexity index is 1040. The molecule has 1 unspecified atom stereocenters. The number of carbonyl (C=O) groups is 3. The molecule has 2 aliphatic heterocycles. The zero-order valence-corrected chi connectivity index (χ0v) is 17.9. The van der Waals surface area contributed by atoms with Crippen molar-refractivity contribution in [1.82, 2.24) is 20.4 Å². The molecule has 0 spiro atoms. The van der Waals surface area contributed by atoms with Gasteiger partial charge in [-0.1, -0.05) is 41.7 Å². The number of β-lactam (4-membered cyclic amide) rings is 1. The van der Waals surface area contributed by atoms with Gasteiger partial charge in [0.2, 0.25) is 11.0 Å². The Morgan fingerprint density at radius 3 is 2.63 bits per heavy atom. The van der Waals surface area contributed by atoms with E-state index in [1.54, 1.807) is 4.90 Å². The number of nitrogens with zero attached hydrogens (tertiary/aromatic N) is 4. The Labute approximate surface area is 180 Å². The topological polar surface area (TPSA) is 116 Å². The summed E-state index contributed by atoms with van der Waals surface area (Å²) < 4.78 is 0. The van der Waals surface area contributed by atoms with Crippen molar-refractivity contribution in [3.8, 4) is 0 Å². The Balaban J connectivity index is 1.53. The highest BCUT2D eigenvalue weighted by molar-refractivity contribution is 8.00. The van der Waals surface area contributed by atoms with Crippen LogP contribution in [-0.4, -0.2) is 69.3 Å². The molecule has 2 aliphatic rings. The number of hydrogen-bond acceptors (Lipinski definition) is 8. The zero-order valence-electron chi connectivity index (χ0n) is 16.2. The van der Waals surface area contributed by atoms with Crippen LogP contribution in [0.3, 0.4) is 0 Å². The summed E-state index contributed by atoms with van der Waals surface area (Å²) in [5, 5.41) is 21.4. The standard InChI is InChI=1S/C19H19N5O4S2/c1-23(2)19-22-21-15(30-19)11-9-29-17-13(16(26)24(17)14(11)18(27)28)20-12(25)8-10-6-4-3-5-7-10/h3-7,13,17H,8-9H2,1-2H3,(H,20,25)(H,27,28)/t13?,17-/m0/s1. The second-order valence-electron chi connectivity index (χ2n) is 7.03. The van der Waals surface area contributed by atoms with Gasteiger partial charge < -0.3 is 15.3 Å². The van der Waals surface area contributed by atoms with Crippen LogP contribution in [0, 0.1) is 0 Å². The number of aliphatic carboxylic acids is 1. The summed E-state index contributed by atoms with van der Waals surface area (Å²) in [6.07, 6.45) is 0.160. The fourth-order valence-electron chi connectivity index (χ4n) is 3.31. The Morgan fingerprint density at radius 1 is 1.27 bits per heavy atom. The predicted octanol–water partition coefficient (Wildman–Crippen LogP) is 1.04. The molecule has 1 aromatic carbocycles. The third-order valence-electron chi connectivity index (χ3n) is 4.75. The summed E-state index contributed by atoms with van der Waals surface area (Å²) in [7, 11) is 3.65. The molecule has 1 fully saturated rings. The van der Waals surface area contributed by atoms with Crippen molar-refractivity contribution in [2.24, 2.45) is 0 Å². The number of fused-ring (bicyclic) bond motifs is 1. The average molecular weight is 446 g/mol. The van der Waals surface area contributed by atoms with Crippen LogP contribution in [0.1, 0.15) is 10.6 Å². The van der Waals surface area contributed by atoms with E-state index in [-0.39, 0.29) is 18.0 Å². The third kappa shape index (κ3) is 3.65. The van der Waals surface area contributed by atoms with Crippen LogP contribution < -0.4 is 10.2 Å². The Hall–Kier alpha value is -2.92.